The van der Waals surface area contributed by atoms with Crippen LogP contribution in [0.15, 0.2) is 36.5 Å². The molecule has 1 heterocycles. The molecule has 3 nitrogen and oxygen atoms in total. The largest absolute Gasteiger partial charge is 0.457 e. The molecule has 0 unspecified atom stereocenters. The van der Waals surface area contributed by atoms with E-state index < -0.39 is 0 Å². The molecule has 1 aromatic heterocycles. The van der Waals surface area contributed by atoms with Crippen LogP contribution in [0.2, 0.25) is 0 Å². The Kier molecular flexibility index (Phi) is 3.95. The molecule has 18 heavy (non-hydrogen) atoms. The summed E-state index contributed by atoms with van der Waals surface area (Å²) in [5, 5.41) is 3.08. The molecule has 0 saturated heterocycles. The van der Waals surface area contributed by atoms with Gasteiger partial charge in [-0.3, -0.25) is 4.98 Å². The highest BCUT2D eigenvalue weighted by Crippen LogP contribution is 2.25. The van der Waals surface area contributed by atoms with E-state index in [0.717, 1.165) is 29.3 Å². The fraction of sp³-hybridized carbons (Fsp3) is 0.267. The van der Waals surface area contributed by atoms with Gasteiger partial charge in [0.05, 0.1) is 5.69 Å². The molecule has 0 fully saturated rings. The normalized spacial score (nSPS) is 10.4. The Morgan fingerprint density at radius 2 is 2.00 bits per heavy atom. The fourth-order valence-corrected chi connectivity index (χ4v) is 1.74. The van der Waals surface area contributed by atoms with Gasteiger partial charge in [-0.15, -0.1) is 0 Å². The molecule has 0 saturated carbocycles. The van der Waals surface area contributed by atoms with Gasteiger partial charge in [-0.1, -0.05) is 12.1 Å². The average molecular weight is 242 g/mol. The van der Waals surface area contributed by atoms with Crippen molar-refractivity contribution < 1.29 is 4.74 Å². The van der Waals surface area contributed by atoms with Crippen LogP contribution in [0.1, 0.15) is 16.8 Å². The third kappa shape index (κ3) is 3.08. The van der Waals surface area contributed by atoms with Crippen LogP contribution in [0.25, 0.3) is 0 Å². The molecule has 1 aromatic carbocycles. The first-order chi connectivity index (χ1) is 8.69. The van der Waals surface area contributed by atoms with E-state index in [1.54, 1.807) is 6.20 Å². The number of pyridine rings is 1. The van der Waals surface area contributed by atoms with Crippen molar-refractivity contribution in [2.75, 3.05) is 7.05 Å². The maximum absolute atomic E-state index is 5.91. The van der Waals surface area contributed by atoms with Crippen molar-refractivity contribution in [1.29, 1.82) is 0 Å². The standard InChI is InChI=1S/C15H18N2O/c1-11-4-5-12(2)15(8-11)18-14-6-7-17-13(9-14)10-16-3/h4-9,16H,10H2,1-3H3. The van der Waals surface area contributed by atoms with E-state index in [-0.39, 0.29) is 0 Å². The summed E-state index contributed by atoms with van der Waals surface area (Å²) in [6.45, 7) is 4.85. The van der Waals surface area contributed by atoms with Crippen molar-refractivity contribution in [3.05, 3.63) is 53.3 Å². The third-order valence-electron chi connectivity index (χ3n) is 2.72. The summed E-state index contributed by atoms with van der Waals surface area (Å²) in [6.07, 6.45) is 1.77. The van der Waals surface area contributed by atoms with Crippen LogP contribution in [-0.4, -0.2) is 12.0 Å². The maximum Gasteiger partial charge on any atom is 0.130 e. The second-order valence-electron chi connectivity index (χ2n) is 4.38. The SMILES string of the molecule is CNCc1cc(Oc2cc(C)ccc2C)ccn1. The quantitative estimate of drug-likeness (QED) is 0.894. The predicted molar refractivity (Wildman–Crippen MR) is 73.0 cm³/mol. The van der Waals surface area contributed by atoms with Crippen LogP contribution in [-0.2, 0) is 6.54 Å². The number of hydrogen-bond acceptors (Lipinski definition) is 3. The van der Waals surface area contributed by atoms with Crippen LogP contribution in [0.4, 0.5) is 0 Å². The summed E-state index contributed by atoms with van der Waals surface area (Å²) < 4.78 is 5.91. The van der Waals surface area contributed by atoms with Gasteiger partial charge in [0.25, 0.3) is 0 Å². The van der Waals surface area contributed by atoms with E-state index in [4.69, 9.17) is 4.74 Å². The molecule has 0 aliphatic carbocycles. The number of aromatic nitrogens is 1. The lowest BCUT2D eigenvalue weighted by molar-refractivity contribution is 0.476. The number of aryl methyl sites for hydroxylation is 2. The lowest BCUT2D eigenvalue weighted by atomic mass is 10.1. The Labute approximate surface area is 108 Å². The first-order valence-electron chi connectivity index (χ1n) is 6.03. The van der Waals surface area contributed by atoms with Crippen LogP contribution in [0, 0.1) is 13.8 Å². The zero-order chi connectivity index (χ0) is 13.0. The van der Waals surface area contributed by atoms with E-state index in [2.05, 4.69) is 29.4 Å². The molecule has 1 N–H and O–H groups in total. The Bertz CT molecular complexity index is 538. The van der Waals surface area contributed by atoms with Gasteiger partial charge in [0, 0.05) is 18.8 Å². The molecule has 2 aromatic rings. The molecule has 94 valence electrons. The van der Waals surface area contributed by atoms with Gasteiger partial charge in [0.1, 0.15) is 11.5 Å². The Balaban J connectivity index is 2.22. The molecule has 0 amide bonds. The molecule has 0 atom stereocenters. The highest BCUT2D eigenvalue weighted by atomic mass is 16.5. The van der Waals surface area contributed by atoms with Crippen molar-refractivity contribution in [1.82, 2.24) is 10.3 Å². The van der Waals surface area contributed by atoms with Crippen LogP contribution < -0.4 is 10.1 Å². The van der Waals surface area contributed by atoms with E-state index in [9.17, 15) is 0 Å². The monoisotopic (exact) mass is 242 g/mol. The highest BCUT2D eigenvalue weighted by molar-refractivity contribution is 5.39. The summed E-state index contributed by atoms with van der Waals surface area (Å²) in [4.78, 5) is 4.27. The Morgan fingerprint density at radius 1 is 1.17 bits per heavy atom. The molecule has 0 spiro atoms. The molecule has 0 aliphatic rings. The van der Waals surface area contributed by atoms with Crippen LogP contribution in [0.3, 0.4) is 0 Å². The zero-order valence-electron chi connectivity index (χ0n) is 11.0. The zero-order valence-corrected chi connectivity index (χ0v) is 11.0. The minimum atomic E-state index is 0.740. The number of nitrogens with zero attached hydrogens (tertiary/aromatic N) is 1. The molecule has 2 rings (SSSR count). The second-order valence-corrected chi connectivity index (χ2v) is 4.38. The first kappa shape index (κ1) is 12.6. The van der Waals surface area contributed by atoms with Crippen LogP contribution in [0.5, 0.6) is 11.5 Å². The van der Waals surface area contributed by atoms with Gasteiger partial charge < -0.3 is 10.1 Å². The maximum atomic E-state index is 5.91. The summed E-state index contributed by atoms with van der Waals surface area (Å²) in [6, 6.07) is 10.0. The number of hydrogen-bond donors (Lipinski definition) is 1. The minimum Gasteiger partial charge on any atom is -0.457 e. The van der Waals surface area contributed by atoms with Gasteiger partial charge in [0.2, 0.25) is 0 Å². The molecular formula is C15H18N2O. The summed E-state index contributed by atoms with van der Waals surface area (Å²) >= 11 is 0. The highest BCUT2D eigenvalue weighted by Gasteiger charge is 2.03. The summed E-state index contributed by atoms with van der Waals surface area (Å²) in [7, 11) is 1.90. The number of ether oxygens (including phenoxy) is 1. The Hall–Kier alpha value is -1.87. The fourth-order valence-electron chi connectivity index (χ4n) is 1.74. The molecule has 3 heteroatoms. The van der Waals surface area contributed by atoms with Gasteiger partial charge in [-0.2, -0.15) is 0 Å². The summed E-state index contributed by atoms with van der Waals surface area (Å²) in [5.41, 5.74) is 3.30. The van der Waals surface area contributed by atoms with Crippen LogP contribution >= 0.6 is 0 Å². The van der Waals surface area contributed by atoms with Crippen molar-refractivity contribution in [2.24, 2.45) is 0 Å². The van der Waals surface area contributed by atoms with Gasteiger partial charge in [-0.25, -0.2) is 0 Å². The van der Waals surface area contributed by atoms with Crippen molar-refractivity contribution in [3.63, 3.8) is 0 Å². The lowest BCUT2D eigenvalue weighted by Gasteiger charge is -2.10. The first-order valence-corrected chi connectivity index (χ1v) is 6.03. The van der Waals surface area contributed by atoms with Crippen molar-refractivity contribution in [2.45, 2.75) is 20.4 Å². The average Bonchev–Trinajstić information content (AvgIpc) is 2.35. The number of nitrogens with one attached hydrogen (secondary N) is 1. The van der Waals surface area contributed by atoms with Crippen molar-refractivity contribution in [3.8, 4) is 11.5 Å². The topological polar surface area (TPSA) is 34.1 Å². The number of benzene rings is 1. The lowest BCUT2D eigenvalue weighted by Crippen LogP contribution is -2.06. The number of rotatable bonds is 4. The van der Waals surface area contributed by atoms with E-state index in [0.29, 0.717) is 0 Å². The molecule has 0 radical (unpaired) electrons. The summed E-state index contributed by atoms with van der Waals surface area (Å²) in [5.74, 6) is 1.72. The predicted octanol–water partition coefficient (Wildman–Crippen LogP) is 3.21. The molecule has 0 bridgehead atoms. The van der Waals surface area contributed by atoms with Gasteiger partial charge in [-0.05, 0) is 44.2 Å². The molecule has 0 aliphatic heterocycles. The van der Waals surface area contributed by atoms with E-state index >= 15 is 0 Å². The Morgan fingerprint density at radius 3 is 2.78 bits per heavy atom. The van der Waals surface area contributed by atoms with Crippen molar-refractivity contribution >= 4 is 0 Å². The minimum absolute atomic E-state index is 0.740. The smallest absolute Gasteiger partial charge is 0.130 e. The molecular weight excluding hydrogens is 224 g/mol. The van der Waals surface area contributed by atoms with Gasteiger partial charge in [0.15, 0.2) is 0 Å². The third-order valence-corrected chi connectivity index (χ3v) is 2.72. The van der Waals surface area contributed by atoms with Gasteiger partial charge >= 0.3 is 0 Å². The van der Waals surface area contributed by atoms with E-state index in [1.807, 2.05) is 32.2 Å². The van der Waals surface area contributed by atoms with E-state index in [1.165, 1.54) is 5.56 Å². The second kappa shape index (κ2) is 5.65.